The standard InChI is InChI=1S/C18H22ClF2N5O3/c1-17(2,3)29-16(28)26-10-18(21,9-24-25-22)7-13(26)15(27)23-8-11-5-4-6-12(19)14(11)20/h4-6,13H,7-10H2,1-3H3,(H,23,27)/t13-,18+/m0/s1. The van der Waals surface area contributed by atoms with E-state index in [4.69, 9.17) is 21.9 Å². The lowest BCUT2D eigenvalue weighted by Crippen LogP contribution is -2.47. The number of amides is 2. The van der Waals surface area contributed by atoms with E-state index in [9.17, 15) is 14.0 Å². The smallest absolute Gasteiger partial charge is 0.411 e. The average Bonchev–Trinajstić information content (AvgIpc) is 2.98. The summed E-state index contributed by atoms with van der Waals surface area (Å²) in [6.45, 7) is 3.72. The van der Waals surface area contributed by atoms with Crippen LogP contribution in [0.15, 0.2) is 23.3 Å². The number of alkyl halides is 1. The van der Waals surface area contributed by atoms with Gasteiger partial charge < -0.3 is 10.1 Å². The van der Waals surface area contributed by atoms with Gasteiger partial charge in [-0.25, -0.2) is 13.6 Å². The largest absolute Gasteiger partial charge is 0.444 e. The molecule has 2 amide bonds. The minimum atomic E-state index is -2.08. The van der Waals surface area contributed by atoms with Crippen molar-refractivity contribution in [2.75, 3.05) is 13.1 Å². The molecule has 0 saturated carbocycles. The molecule has 1 aliphatic heterocycles. The maximum absolute atomic E-state index is 15.1. The molecule has 1 heterocycles. The minimum absolute atomic E-state index is 0.0925. The Balaban J connectivity index is 2.18. The van der Waals surface area contributed by atoms with Gasteiger partial charge in [0.05, 0.1) is 18.1 Å². The summed E-state index contributed by atoms with van der Waals surface area (Å²) in [6.07, 6.45) is -1.25. The van der Waals surface area contributed by atoms with Crippen molar-refractivity contribution >= 4 is 23.6 Å². The van der Waals surface area contributed by atoms with Crippen LogP contribution in [0.4, 0.5) is 13.6 Å². The normalized spacial score (nSPS) is 21.4. The van der Waals surface area contributed by atoms with E-state index in [0.717, 1.165) is 4.90 Å². The fraction of sp³-hybridized carbons (Fsp3) is 0.556. The lowest BCUT2D eigenvalue weighted by Gasteiger charge is -2.28. The van der Waals surface area contributed by atoms with E-state index in [-0.39, 0.29) is 23.6 Å². The van der Waals surface area contributed by atoms with Crippen molar-refractivity contribution in [3.63, 3.8) is 0 Å². The number of hydrogen-bond acceptors (Lipinski definition) is 4. The van der Waals surface area contributed by atoms with Crippen LogP contribution in [0.3, 0.4) is 0 Å². The average molecular weight is 430 g/mol. The van der Waals surface area contributed by atoms with Gasteiger partial charge in [-0.3, -0.25) is 9.69 Å². The number of carbonyl (C=O) groups excluding carboxylic acids is 2. The van der Waals surface area contributed by atoms with Gasteiger partial charge >= 0.3 is 6.09 Å². The summed E-state index contributed by atoms with van der Waals surface area (Å²) in [7, 11) is 0. The molecule has 2 atom stereocenters. The second-order valence-electron chi connectivity index (χ2n) is 7.80. The zero-order valence-electron chi connectivity index (χ0n) is 16.3. The SMILES string of the molecule is CC(C)(C)OC(=O)N1C[C@](F)(CN=[N+]=[N-])C[C@H]1C(=O)NCc1cccc(Cl)c1F. The molecule has 158 valence electrons. The van der Waals surface area contributed by atoms with Crippen molar-refractivity contribution in [1.29, 1.82) is 0 Å². The molecule has 2 rings (SSSR count). The predicted octanol–water partition coefficient (Wildman–Crippen LogP) is 4.12. The van der Waals surface area contributed by atoms with Gasteiger partial charge in [0.1, 0.15) is 23.1 Å². The van der Waals surface area contributed by atoms with Crippen LogP contribution in [-0.4, -0.2) is 47.3 Å². The van der Waals surface area contributed by atoms with Gasteiger partial charge in [0, 0.05) is 23.4 Å². The fourth-order valence-corrected chi connectivity index (χ4v) is 3.14. The first-order chi connectivity index (χ1) is 13.5. The summed E-state index contributed by atoms with van der Waals surface area (Å²) < 4.78 is 34.3. The van der Waals surface area contributed by atoms with Gasteiger partial charge in [0.2, 0.25) is 5.91 Å². The molecule has 11 heteroatoms. The van der Waals surface area contributed by atoms with Crippen LogP contribution in [-0.2, 0) is 16.1 Å². The number of ether oxygens (including phenoxy) is 1. The van der Waals surface area contributed by atoms with Crippen LogP contribution >= 0.6 is 11.6 Å². The van der Waals surface area contributed by atoms with Gasteiger partial charge in [-0.1, -0.05) is 28.8 Å². The third kappa shape index (κ3) is 5.95. The van der Waals surface area contributed by atoms with Crippen LogP contribution < -0.4 is 5.32 Å². The second kappa shape index (κ2) is 8.84. The zero-order chi connectivity index (χ0) is 21.8. The number of nitrogens with one attached hydrogen (secondary N) is 1. The molecule has 0 aromatic heterocycles. The van der Waals surface area contributed by atoms with E-state index in [1.165, 1.54) is 18.2 Å². The summed E-state index contributed by atoms with van der Waals surface area (Å²) in [6, 6.07) is 3.15. The number of likely N-dealkylation sites (tertiary alicyclic amines) is 1. The van der Waals surface area contributed by atoms with Crippen LogP contribution in [0, 0.1) is 5.82 Å². The summed E-state index contributed by atoms with van der Waals surface area (Å²) in [5, 5.41) is 5.63. The highest BCUT2D eigenvalue weighted by molar-refractivity contribution is 6.30. The van der Waals surface area contributed by atoms with Crippen LogP contribution in [0.5, 0.6) is 0 Å². The summed E-state index contributed by atoms with van der Waals surface area (Å²) in [5.41, 5.74) is 5.68. The number of benzene rings is 1. The highest BCUT2D eigenvalue weighted by atomic mass is 35.5. The van der Waals surface area contributed by atoms with Gasteiger partial charge in [-0.2, -0.15) is 0 Å². The Hall–Kier alpha value is -2.58. The number of rotatable bonds is 5. The van der Waals surface area contributed by atoms with E-state index in [0.29, 0.717) is 0 Å². The zero-order valence-corrected chi connectivity index (χ0v) is 17.0. The number of halogens is 3. The number of nitrogens with zero attached hydrogens (tertiary/aromatic N) is 4. The van der Waals surface area contributed by atoms with E-state index in [2.05, 4.69) is 15.3 Å². The van der Waals surface area contributed by atoms with Crippen molar-refractivity contribution in [1.82, 2.24) is 10.2 Å². The Morgan fingerprint density at radius 2 is 2.17 bits per heavy atom. The molecule has 0 bridgehead atoms. The Bertz CT molecular complexity index is 841. The molecule has 0 radical (unpaired) electrons. The van der Waals surface area contributed by atoms with Crippen LogP contribution in [0.1, 0.15) is 32.8 Å². The summed E-state index contributed by atoms with van der Waals surface area (Å²) in [4.78, 5) is 28.7. The fourth-order valence-electron chi connectivity index (χ4n) is 2.94. The lowest BCUT2D eigenvalue weighted by atomic mass is 10.0. The second-order valence-corrected chi connectivity index (χ2v) is 8.21. The molecule has 1 aliphatic rings. The third-order valence-corrected chi connectivity index (χ3v) is 4.51. The number of hydrogen-bond donors (Lipinski definition) is 1. The van der Waals surface area contributed by atoms with Crippen molar-refractivity contribution in [3.05, 3.63) is 45.0 Å². The first kappa shape index (κ1) is 22.7. The molecule has 0 aliphatic carbocycles. The van der Waals surface area contributed by atoms with Gasteiger partial charge in [0.25, 0.3) is 0 Å². The Labute approximate surface area is 171 Å². The molecule has 1 N–H and O–H groups in total. The van der Waals surface area contributed by atoms with Gasteiger partial charge in [-0.05, 0) is 32.4 Å². The van der Waals surface area contributed by atoms with Crippen LogP contribution in [0.2, 0.25) is 5.02 Å². The molecular weight excluding hydrogens is 408 g/mol. The predicted molar refractivity (Wildman–Crippen MR) is 102 cm³/mol. The highest BCUT2D eigenvalue weighted by Crippen LogP contribution is 2.33. The molecule has 8 nitrogen and oxygen atoms in total. The molecular formula is C18H22ClF2N5O3. The monoisotopic (exact) mass is 429 g/mol. The van der Waals surface area contributed by atoms with E-state index in [1.807, 2.05) is 0 Å². The number of carbonyl (C=O) groups is 2. The third-order valence-electron chi connectivity index (χ3n) is 4.22. The Morgan fingerprint density at radius 1 is 1.48 bits per heavy atom. The molecule has 1 fully saturated rings. The Kier molecular flexibility index (Phi) is 6.92. The van der Waals surface area contributed by atoms with Crippen molar-refractivity contribution in [3.8, 4) is 0 Å². The molecule has 0 spiro atoms. The van der Waals surface area contributed by atoms with Crippen LogP contribution in [0.25, 0.3) is 10.4 Å². The first-order valence-electron chi connectivity index (χ1n) is 8.86. The van der Waals surface area contributed by atoms with Crippen molar-refractivity contribution in [2.45, 2.75) is 51.0 Å². The van der Waals surface area contributed by atoms with Crippen molar-refractivity contribution in [2.24, 2.45) is 5.11 Å². The van der Waals surface area contributed by atoms with E-state index < -0.39 is 48.2 Å². The number of azide groups is 1. The maximum atomic E-state index is 15.1. The van der Waals surface area contributed by atoms with Gasteiger partial charge in [-0.15, -0.1) is 0 Å². The van der Waals surface area contributed by atoms with E-state index in [1.54, 1.807) is 20.8 Å². The molecule has 1 saturated heterocycles. The molecule has 1 aromatic carbocycles. The quantitative estimate of drug-likeness (QED) is 0.432. The molecule has 1 aromatic rings. The molecule has 29 heavy (non-hydrogen) atoms. The van der Waals surface area contributed by atoms with E-state index >= 15 is 4.39 Å². The highest BCUT2D eigenvalue weighted by Gasteiger charge is 2.50. The summed E-state index contributed by atoms with van der Waals surface area (Å²) >= 11 is 5.72. The Morgan fingerprint density at radius 3 is 2.79 bits per heavy atom. The summed E-state index contributed by atoms with van der Waals surface area (Å²) in [5.74, 6) is -1.36. The topological polar surface area (TPSA) is 107 Å². The minimum Gasteiger partial charge on any atom is -0.444 e. The van der Waals surface area contributed by atoms with Gasteiger partial charge in [0.15, 0.2) is 0 Å². The molecule has 0 unspecified atom stereocenters. The van der Waals surface area contributed by atoms with Crippen molar-refractivity contribution < 1.29 is 23.1 Å². The lowest BCUT2D eigenvalue weighted by molar-refractivity contribution is -0.125. The first-order valence-corrected chi connectivity index (χ1v) is 9.23. The maximum Gasteiger partial charge on any atom is 0.411 e.